The highest BCUT2D eigenvalue weighted by Crippen LogP contribution is 2.25. The molecular formula is C15H15NO2. The number of para-hydroxylation sites is 1. The summed E-state index contributed by atoms with van der Waals surface area (Å²) in [4.78, 5) is 0. The van der Waals surface area contributed by atoms with E-state index < -0.39 is 0 Å². The Morgan fingerprint density at radius 3 is 2.33 bits per heavy atom. The average molecular weight is 241 g/mol. The first-order chi connectivity index (χ1) is 8.92. The number of ether oxygens (including phenoxy) is 2. The lowest BCUT2D eigenvalue weighted by atomic mass is 10.1. The van der Waals surface area contributed by atoms with Crippen LogP contribution in [0.1, 0.15) is 11.7 Å². The van der Waals surface area contributed by atoms with Crippen molar-refractivity contribution in [2.75, 3.05) is 13.3 Å². The molecule has 3 nitrogen and oxygen atoms in total. The molecule has 0 bridgehead atoms. The molecule has 3 rings (SSSR count). The maximum Gasteiger partial charge on any atom is 0.127 e. The molecule has 0 saturated carbocycles. The van der Waals surface area contributed by atoms with Gasteiger partial charge in [0.2, 0.25) is 0 Å². The third-order valence-corrected chi connectivity index (χ3v) is 2.95. The number of nitrogens with one attached hydrogen (secondary N) is 1. The minimum absolute atomic E-state index is 0.163. The highest BCUT2D eigenvalue weighted by atomic mass is 16.5. The molecule has 2 aromatic rings. The second kappa shape index (κ2) is 5.21. The Labute approximate surface area is 106 Å². The minimum atomic E-state index is 0.163. The zero-order chi connectivity index (χ0) is 12.2. The standard InChI is InChI=1S/C15H15NO2/c1-2-4-13(5-3-1)18-14-8-6-12(7-9-14)15-10-16-11-17-15/h1-9,15-16H,10-11H2. The molecule has 1 atom stereocenters. The van der Waals surface area contributed by atoms with Crippen molar-refractivity contribution < 1.29 is 9.47 Å². The topological polar surface area (TPSA) is 30.5 Å². The van der Waals surface area contributed by atoms with E-state index in [0.717, 1.165) is 18.0 Å². The maximum absolute atomic E-state index is 5.74. The number of hydrogen-bond donors (Lipinski definition) is 1. The van der Waals surface area contributed by atoms with Crippen LogP contribution in [-0.2, 0) is 4.74 Å². The van der Waals surface area contributed by atoms with Crippen molar-refractivity contribution in [2.24, 2.45) is 0 Å². The van der Waals surface area contributed by atoms with Crippen LogP contribution < -0.4 is 10.1 Å². The van der Waals surface area contributed by atoms with Gasteiger partial charge in [-0.05, 0) is 29.8 Å². The minimum Gasteiger partial charge on any atom is -0.457 e. The van der Waals surface area contributed by atoms with Gasteiger partial charge in [-0.15, -0.1) is 0 Å². The summed E-state index contributed by atoms with van der Waals surface area (Å²) in [7, 11) is 0. The van der Waals surface area contributed by atoms with Gasteiger partial charge in [-0.25, -0.2) is 0 Å². The summed E-state index contributed by atoms with van der Waals surface area (Å²) in [6.07, 6.45) is 0.163. The van der Waals surface area contributed by atoms with Crippen molar-refractivity contribution in [3.63, 3.8) is 0 Å². The lowest BCUT2D eigenvalue weighted by Gasteiger charge is -2.10. The molecule has 1 unspecified atom stereocenters. The Morgan fingerprint density at radius 2 is 1.67 bits per heavy atom. The molecule has 0 radical (unpaired) electrons. The summed E-state index contributed by atoms with van der Waals surface area (Å²) in [6, 6.07) is 17.8. The number of rotatable bonds is 3. The molecule has 18 heavy (non-hydrogen) atoms. The van der Waals surface area contributed by atoms with Gasteiger partial charge in [0.1, 0.15) is 11.5 Å². The Balaban J connectivity index is 1.71. The van der Waals surface area contributed by atoms with Gasteiger partial charge < -0.3 is 9.47 Å². The average Bonchev–Trinajstić information content (AvgIpc) is 2.95. The Hall–Kier alpha value is -1.84. The summed E-state index contributed by atoms with van der Waals surface area (Å²) >= 11 is 0. The van der Waals surface area contributed by atoms with E-state index in [1.165, 1.54) is 5.56 Å². The van der Waals surface area contributed by atoms with Crippen molar-refractivity contribution in [3.05, 3.63) is 60.2 Å². The van der Waals surface area contributed by atoms with Crippen molar-refractivity contribution >= 4 is 0 Å². The second-order valence-electron chi connectivity index (χ2n) is 4.24. The molecule has 2 aromatic carbocycles. The van der Waals surface area contributed by atoms with E-state index in [1.54, 1.807) is 0 Å². The number of hydrogen-bond acceptors (Lipinski definition) is 3. The molecule has 1 N–H and O–H groups in total. The molecule has 0 amide bonds. The van der Waals surface area contributed by atoms with Crippen LogP contribution in [0.2, 0.25) is 0 Å². The van der Waals surface area contributed by atoms with Crippen LogP contribution in [-0.4, -0.2) is 13.3 Å². The summed E-state index contributed by atoms with van der Waals surface area (Å²) in [5.41, 5.74) is 1.18. The third-order valence-electron chi connectivity index (χ3n) is 2.95. The highest BCUT2D eigenvalue weighted by molar-refractivity contribution is 5.33. The summed E-state index contributed by atoms with van der Waals surface area (Å²) in [5, 5.41) is 3.17. The van der Waals surface area contributed by atoms with E-state index in [1.807, 2.05) is 42.5 Å². The third kappa shape index (κ3) is 2.53. The van der Waals surface area contributed by atoms with E-state index >= 15 is 0 Å². The van der Waals surface area contributed by atoms with Gasteiger partial charge in [0.25, 0.3) is 0 Å². The molecule has 1 fully saturated rings. The normalized spacial score (nSPS) is 18.8. The van der Waals surface area contributed by atoms with Crippen LogP contribution in [0.5, 0.6) is 11.5 Å². The smallest absolute Gasteiger partial charge is 0.127 e. The molecule has 0 aliphatic carbocycles. The van der Waals surface area contributed by atoms with E-state index in [0.29, 0.717) is 6.73 Å². The molecule has 3 heteroatoms. The van der Waals surface area contributed by atoms with Crippen molar-refractivity contribution in [3.8, 4) is 11.5 Å². The first-order valence-electron chi connectivity index (χ1n) is 6.07. The molecular weight excluding hydrogens is 226 g/mol. The van der Waals surface area contributed by atoms with Crippen LogP contribution in [0.3, 0.4) is 0 Å². The monoisotopic (exact) mass is 241 g/mol. The van der Waals surface area contributed by atoms with Crippen molar-refractivity contribution in [2.45, 2.75) is 6.10 Å². The first kappa shape index (κ1) is 11.3. The van der Waals surface area contributed by atoms with Gasteiger partial charge in [0.05, 0.1) is 12.8 Å². The zero-order valence-corrected chi connectivity index (χ0v) is 10.0. The van der Waals surface area contributed by atoms with Crippen LogP contribution >= 0.6 is 0 Å². The highest BCUT2D eigenvalue weighted by Gasteiger charge is 2.16. The quantitative estimate of drug-likeness (QED) is 0.895. The van der Waals surface area contributed by atoms with E-state index in [9.17, 15) is 0 Å². The van der Waals surface area contributed by atoms with Gasteiger partial charge in [0.15, 0.2) is 0 Å². The molecule has 92 valence electrons. The van der Waals surface area contributed by atoms with Gasteiger partial charge in [-0.1, -0.05) is 30.3 Å². The van der Waals surface area contributed by atoms with Gasteiger partial charge in [-0.3, -0.25) is 5.32 Å². The zero-order valence-electron chi connectivity index (χ0n) is 10.0. The van der Waals surface area contributed by atoms with Crippen LogP contribution in [0.15, 0.2) is 54.6 Å². The fraction of sp³-hybridized carbons (Fsp3) is 0.200. The molecule has 1 heterocycles. The lowest BCUT2D eigenvalue weighted by molar-refractivity contribution is 0.114. The Kier molecular flexibility index (Phi) is 3.26. The SMILES string of the molecule is c1ccc(Oc2ccc(C3CNCO3)cc2)cc1. The fourth-order valence-corrected chi connectivity index (χ4v) is 2.00. The largest absolute Gasteiger partial charge is 0.457 e. The van der Waals surface area contributed by atoms with Crippen molar-refractivity contribution in [1.82, 2.24) is 5.32 Å². The van der Waals surface area contributed by atoms with Crippen LogP contribution in [0, 0.1) is 0 Å². The predicted octanol–water partition coefficient (Wildman–Crippen LogP) is 3.10. The predicted molar refractivity (Wildman–Crippen MR) is 69.7 cm³/mol. The van der Waals surface area contributed by atoms with Crippen LogP contribution in [0.25, 0.3) is 0 Å². The molecule has 1 aliphatic rings. The van der Waals surface area contributed by atoms with E-state index in [2.05, 4.69) is 17.4 Å². The van der Waals surface area contributed by atoms with E-state index in [-0.39, 0.29) is 6.10 Å². The second-order valence-corrected chi connectivity index (χ2v) is 4.24. The molecule has 0 aromatic heterocycles. The fourth-order valence-electron chi connectivity index (χ4n) is 2.00. The Morgan fingerprint density at radius 1 is 0.944 bits per heavy atom. The number of benzene rings is 2. The van der Waals surface area contributed by atoms with Gasteiger partial charge in [0, 0.05) is 6.54 Å². The van der Waals surface area contributed by atoms with Gasteiger partial charge >= 0.3 is 0 Å². The summed E-state index contributed by atoms with van der Waals surface area (Å²) in [5.74, 6) is 1.69. The lowest BCUT2D eigenvalue weighted by Crippen LogP contribution is -2.07. The first-order valence-corrected chi connectivity index (χ1v) is 6.07. The molecule has 1 aliphatic heterocycles. The van der Waals surface area contributed by atoms with Crippen LogP contribution in [0.4, 0.5) is 0 Å². The summed E-state index contributed by atoms with van der Waals surface area (Å²) < 4.78 is 11.3. The molecule has 1 saturated heterocycles. The summed E-state index contributed by atoms with van der Waals surface area (Å²) in [6.45, 7) is 1.51. The molecule has 0 spiro atoms. The van der Waals surface area contributed by atoms with Crippen molar-refractivity contribution in [1.29, 1.82) is 0 Å². The maximum atomic E-state index is 5.74. The van der Waals surface area contributed by atoms with E-state index in [4.69, 9.17) is 9.47 Å². The Bertz CT molecular complexity index is 490. The van der Waals surface area contributed by atoms with Gasteiger partial charge in [-0.2, -0.15) is 0 Å².